The van der Waals surface area contributed by atoms with Gasteiger partial charge in [0.1, 0.15) is 11.9 Å². The molecule has 3 aromatic carbocycles. The summed E-state index contributed by atoms with van der Waals surface area (Å²) >= 11 is 5.96. The Morgan fingerprint density at radius 1 is 1.07 bits per heavy atom. The first-order chi connectivity index (χ1) is 13.5. The third-order valence-corrected chi connectivity index (χ3v) is 4.74. The molecule has 0 radical (unpaired) electrons. The van der Waals surface area contributed by atoms with Gasteiger partial charge in [0.25, 0.3) is 5.91 Å². The fourth-order valence-electron chi connectivity index (χ4n) is 3.10. The SMILES string of the molecule is O=C(N[C@H](Cc1nc2ccc(Cl)cc2[nH]1)C(=O)O)c1ccc2ccccc2c1. The number of carboxylic acids is 1. The molecule has 0 aliphatic heterocycles. The number of aromatic nitrogens is 2. The number of fused-ring (bicyclic) bond motifs is 2. The number of carbonyl (C=O) groups is 2. The molecule has 4 aromatic rings. The average Bonchev–Trinajstić information content (AvgIpc) is 3.08. The quantitative estimate of drug-likeness (QED) is 0.480. The molecule has 1 amide bonds. The lowest BCUT2D eigenvalue weighted by Gasteiger charge is -2.13. The first-order valence-electron chi connectivity index (χ1n) is 8.66. The van der Waals surface area contributed by atoms with E-state index in [9.17, 15) is 14.7 Å². The molecule has 1 heterocycles. The van der Waals surface area contributed by atoms with Crippen LogP contribution >= 0.6 is 11.6 Å². The number of nitrogens with zero attached hydrogens (tertiary/aromatic N) is 1. The third kappa shape index (κ3) is 3.68. The fraction of sp³-hybridized carbons (Fsp3) is 0.0952. The van der Waals surface area contributed by atoms with Crippen LogP contribution in [0.2, 0.25) is 5.02 Å². The van der Waals surface area contributed by atoms with Gasteiger partial charge in [0.2, 0.25) is 0 Å². The van der Waals surface area contributed by atoms with Gasteiger partial charge in [0, 0.05) is 17.0 Å². The highest BCUT2D eigenvalue weighted by Gasteiger charge is 2.23. The van der Waals surface area contributed by atoms with E-state index >= 15 is 0 Å². The predicted octanol–water partition coefficient (Wildman–Crippen LogP) is 3.80. The second-order valence-corrected chi connectivity index (χ2v) is 6.91. The number of carbonyl (C=O) groups excluding carboxylic acids is 1. The van der Waals surface area contributed by atoms with Crippen LogP contribution in [0, 0.1) is 0 Å². The molecule has 0 unspecified atom stereocenters. The van der Waals surface area contributed by atoms with E-state index in [0.29, 0.717) is 27.4 Å². The summed E-state index contributed by atoms with van der Waals surface area (Å²) in [5, 5.41) is 14.6. The zero-order chi connectivity index (χ0) is 19.7. The maximum atomic E-state index is 12.6. The second-order valence-electron chi connectivity index (χ2n) is 6.48. The molecular weight excluding hydrogens is 378 g/mol. The van der Waals surface area contributed by atoms with Crippen molar-refractivity contribution in [3.05, 3.63) is 77.1 Å². The summed E-state index contributed by atoms with van der Waals surface area (Å²) in [5.41, 5.74) is 1.80. The molecule has 0 saturated heterocycles. The van der Waals surface area contributed by atoms with Crippen molar-refractivity contribution in [2.24, 2.45) is 0 Å². The Balaban J connectivity index is 1.55. The van der Waals surface area contributed by atoms with Crippen LogP contribution in [0.5, 0.6) is 0 Å². The van der Waals surface area contributed by atoms with Crippen LogP contribution in [0.25, 0.3) is 21.8 Å². The van der Waals surface area contributed by atoms with Crippen molar-refractivity contribution in [3.8, 4) is 0 Å². The van der Waals surface area contributed by atoms with E-state index in [2.05, 4.69) is 15.3 Å². The van der Waals surface area contributed by atoms with Gasteiger partial charge in [0.05, 0.1) is 11.0 Å². The van der Waals surface area contributed by atoms with Crippen molar-refractivity contribution >= 4 is 45.3 Å². The first-order valence-corrected chi connectivity index (χ1v) is 9.04. The minimum atomic E-state index is -1.13. The highest BCUT2D eigenvalue weighted by Crippen LogP contribution is 2.18. The lowest BCUT2D eigenvalue weighted by atomic mass is 10.1. The molecule has 0 bridgehead atoms. The van der Waals surface area contributed by atoms with Crippen molar-refractivity contribution in [2.45, 2.75) is 12.5 Å². The molecule has 140 valence electrons. The summed E-state index contributed by atoms with van der Waals surface area (Å²) in [4.78, 5) is 31.7. The van der Waals surface area contributed by atoms with Crippen molar-refractivity contribution in [3.63, 3.8) is 0 Å². The van der Waals surface area contributed by atoms with Crippen LogP contribution in [-0.4, -0.2) is 33.0 Å². The van der Waals surface area contributed by atoms with Gasteiger partial charge in [-0.05, 0) is 41.1 Å². The van der Waals surface area contributed by atoms with E-state index < -0.39 is 17.9 Å². The number of carboxylic acid groups (broad SMARTS) is 1. The lowest BCUT2D eigenvalue weighted by molar-refractivity contribution is -0.139. The number of H-pyrrole nitrogens is 1. The van der Waals surface area contributed by atoms with E-state index in [0.717, 1.165) is 10.8 Å². The van der Waals surface area contributed by atoms with Gasteiger partial charge >= 0.3 is 5.97 Å². The average molecular weight is 394 g/mol. The minimum Gasteiger partial charge on any atom is -0.480 e. The van der Waals surface area contributed by atoms with Crippen molar-refractivity contribution in [1.82, 2.24) is 15.3 Å². The Kier molecular flexibility index (Phi) is 4.71. The molecular formula is C21H16ClN3O3. The first kappa shape index (κ1) is 18.0. The Bertz CT molecular complexity index is 1200. The van der Waals surface area contributed by atoms with Crippen LogP contribution in [0.1, 0.15) is 16.2 Å². The number of nitrogens with one attached hydrogen (secondary N) is 2. The molecule has 1 atom stereocenters. The van der Waals surface area contributed by atoms with Crippen LogP contribution in [0.15, 0.2) is 60.7 Å². The highest BCUT2D eigenvalue weighted by atomic mass is 35.5. The Hall–Kier alpha value is -3.38. The monoisotopic (exact) mass is 393 g/mol. The van der Waals surface area contributed by atoms with Crippen LogP contribution in [0.4, 0.5) is 0 Å². The van der Waals surface area contributed by atoms with Crippen LogP contribution < -0.4 is 5.32 Å². The van der Waals surface area contributed by atoms with Gasteiger partial charge in [0.15, 0.2) is 0 Å². The van der Waals surface area contributed by atoms with Gasteiger partial charge in [-0.1, -0.05) is 41.9 Å². The summed E-state index contributed by atoms with van der Waals surface area (Å²) in [6.45, 7) is 0. The number of amides is 1. The number of rotatable bonds is 5. The molecule has 0 aliphatic rings. The summed E-state index contributed by atoms with van der Waals surface area (Å²) in [6.07, 6.45) is 0.0287. The number of hydrogen-bond acceptors (Lipinski definition) is 3. The third-order valence-electron chi connectivity index (χ3n) is 4.51. The molecule has 7 heteroatoms. The fourth-order valence-corrected chi connectivity index (χ4v) is 3.27. The molecule has 6 nitrogen and oxygen atoms in total. The molecule has 0 aliphatic carbocycles. The van der Waals surface area contributed by atoms with Gasteiger partial charge < -0.3 is 15.4 Å². The summed E-state index contributed by atoms with van der Waals surface area (Å²) in [5.74, 6) is -1.12. The number of aliphatic carboxylic acids is 1. The maximum absolute atomic E-state index is 12.6. The molecule has 28 heavy (non-hydrogen) atoms. The van der Waals surface area contributed by atoms with E-state index in [1.165, 1.54) is 0 Å². The lowest BCUT2D eigenvalue weighted by Crippen LogP contribution is -2.42. The van der Waals surface area contributed by atoms with E-state index in [-0.39, 0.29) is 6.42 Å². The van der Waals surface area contributed by atoms with Crippen molar-refractivity contribution in [2.75, 3.05) is 0 Å². The predicted molar refractivity (Wildman–Crippen MR) is 108 cm³/mol. The van der Waals surface area contributed by atoms with E-state index in [4.69, 9.17) is 11.6 Å². The van der Waals surface area contributed by atoms with Crippen LogP contribution in [-0.2, 0) is 11.2 Å². The number of imidazole rings is 1. The molecule has 0 spiro atoms. The summed E-state index contributed by atoms with van der Waals surface area (Å²) in [7, 11) is 0. The normalized spacial score (nSPS) is 12.2. The number of hydrogen-bond donors (Lipinski definition) is 3. The topological polar surface area (TPSA) is 95.1 Å². The maximum Gasteiger partial charge on any atom is 0.326 e. The number of aromatic amines is 1. The Morgan fingerprint density at radius 2 is 1.86 bits per heavy atom. The molecule has 4 rings (SSSR count). The molecule has 0 fully saturated rings. The van der Waals surface area contributed by atoms with Gasteiger partial charge in [-0.15, -0.1) is 0 Å². The summed E-state index contributed by atoms with van der Waals surface area (Å²) < 4.78 is 0. The Morgan fingerprint density at radius 3 is 2.64 bits per heavy atom. The largest absolute Gasteiger partial charge is 0.480 e. The number of halogens is 1. The molecule has 3 N–H and O–H groups in total. The van der Waals surface area contributed by atoms with Crippen molar-refractivity contribution < 1.29 is 14.7 Å². The zero-order valence-corrected chi connectivity index (χ0v) is 15.4. The molecule has 1 aromatic heterocycles. The number of benzene rings is 3. The van der Waals surface area contributed by atoms with Gasteiger partial charge in [-0.2, -0.15) is 0 Å². The second kappa shape index (κ2) is 7.32. The van der Waals surface area contributed by atoms with E-state index in [1.807, 2.05) is 30.3 Å². The highest BCUT2D eigenvalue weighted by molar-refractivity contribution is 6.31. The summed E-state index contributed by atoms with van der Waals surface area (Å²) in [6, 6.07) is 17.0. The standard InChI is InChI=1S/C21H16ClN3O3/c22-15-7-8-16-17(10-15)24-19(23-16)11-18(21(27)28)25-20(26)14-6-5-12-3-1-2-4-13(12)9-14/h1-10,18H,11H2,(H,23,24)(H,25,26)(H,27,28)/t18-/m1/s1. The van der Waals surface area contributed by atoms with Crippen molar-refractivity contribution in [1.29, 1.82) is 0 Å². The minimum absolute atomic E-state index is 0.0287. The van der Waals surface area contributed by atoms with Gasteiger partial charge in [-0.3, -0.25) is 4.79 Å². The van der Waals surface area contributed by atoms with Gasteiger partial charge in [-0.25, -0.2) is 9.78 Å². The Labute approximate surface area is 165 Å². The zero-order valence-electron chi connectivity index (χ0n) is 14.6. The molecule has 0 saturated carbocycles. The smallest absolute Gasteiger partial charge is 0.326 e. The van der Waals surface area contributed by atoms with E-state index in [1.54, 1.807) is 30.3 Å². The van der Waals surface area contributed by atoms with Crippen LogP contribution in [0.3, 0.4) is 0 Å².